The number of aliphatic hydroxyl groups is 1. The Hall–Kier alpha value is -3.22. The molecule has 4 rings (SSSR count). The fourth-order valence-corrected chi connectivity index (χ4v) is 3.57. The molecule has 2 amide bonds. The lowest BCUT2D eigenvalue weighted by Gasteiger charge is -2.17. The number of carbonyl (C=O) groups is 2. The maximum atomic E-state index is 14.0. The third-order valence-corrected chi connectivity index (χ3v) is 4.91. The number of hydrogen-bond donors (Lipinski definition) is 2. The number of halogens is 2. The number of aliphatic hydroxyl groups excluding tert-OH is 1. The zero-order valence-corrected chi connectivity index (χ0v) is 14.2. The number of amides is 2. The van der Waals surface area contributed by atoms with Crippen LogP contribution in [0.4, 0.5) is 14.5 Å². The van der Waals surface area contributed by atoms with Crippen molar-refractivity contribution >= 4 is 17.5 Å². The number of nitrogens with zero attached hydrogens (tertiary/aromatic N) is 1. The van der Waals surface area contributed by atoms with Crippen molar-refractivity contribution in [1.82, 2.24) is 5.32 Å². The van der Waals surface area contributed by atoms with E-state index in [0.29, 0.717) is 18.9 Å². The first-order valence-electron chi connectivity index (χ1n) is 8.50. The molecule has 0 fully saturated rings. The maximum absolute atomic E-state index is 14.0. The number of carbonyl (C=O) groups excluding carboxylic acids is 2. The van der Waals surface area contributed by atoms with Crippen molar-refractivity contribution in [3.05, 3.63) is 76.6 Å². The first kappa shape index (κ1) is 17.2. The highest BCUT2D eigenvalue weighted by molar-refractivity contribution is 6.14. The molecule has 0 atom stereocenters. The molecule has 5 nitrogen and oxygen atoms in total. The van der Waals surface area contributed by atoms with Gasteiger partial charge in [0.25, 0.3) is 11.8 Å². The van der Waals surface area contributed by atoms with Crippen molar-refractivity contribution in [1.29, 1.82) is 0 Å². The fraction of sp³-hybridized carbons (Fsp3) is 0.200. The van der Waals surface area contributed by atoms with Crippen molar-refractivity contribution in [3.63, 3.8) is 0 Å². The molecule has 0 radical (unpaired) electrons. The first-order chi connectivity index (χ1) is 12.9. The maximum Gasteiger partial charge on any atom is 0.294 e. The van der Waals surface area contributed by atoms with Gasteiger partial charge in [-0.1, -0.05) is 24.3 Å². The van der Waals surface area contributed by atoms with E-state index in [0.717, 1.165) is 28.2 Å². The minimum Gasteiger partial charge on any atom is -0.503 e. The molecule has 27 heavy (non-hydrogen) atoms. The second-order valence-electron chi connectivity index (χ2n) is 6.66. The summed E-state index contributed by atoms with van der Waals surface area (Å²) >= 11 is 0. The van der Waals surface area contributed by atoms with E-state index in [1.807, 2.05) is 24.3 Å². The van der Waals surface area contributed by atoms with Gasteiger partial charge in [-0.05, 0) is 36.1 Å². The zero-order chi connectivity index (χ0) is 19.1. The molecule has 138 valence electrons. The predicted octanol–water partition coefficient (Wildman–Crippen LogP) is 2.41. The predicted molar refractivity (Wildman–Crippen MR) is 94.1 cm³/mol. The molecule has 2 aliphatic rings. The Labute approximate surface area is 153 Å². The van der Waals surface area contributed by atoms with E-state index in [2.05, 4.69) is 5.32 Å². The topological polar surface area (TPSA) is 69.6 Å². The van der Waals surface area contributed by atoms with Crippen LogP contribution in [0.3, 0.4) is 0 Å². The summed E-state index contributed by atoms with van der Waals surface area (Å²) < 4.78 is 27.1. The Balaban J connectivity index is 1.49. The van der Waals surface area contributed by atoms with Gasteiger partial charge in [0.05, 0.1) is 17.8 Å². The Morgan fingerprint density at radius 2 is 1.78 bits per heavy atom. The van der Waals surface area contributed by atoms with Crippen LogP contribution in [0.25, 0.3) is 0 Å². The SMILES string of the molecule is O=C(NC1Cc2ccccc2C1)C1=C(O)C(=O)N(c2ccc(F)cc2F)C1. The number of rotatable bonds is 3. The highest BCUT2D eigenvalue weighted by Crippen LogP contribution is 2.28. The van der Waals surface area contributed by atoms with Crippen molar-refractivity contribution in [2.75, 3.05) is 11.4 Å². The third kappa shape index (κ3) is 3.05. The van der Waals surface area contributed by atoms with E-state index in [9.17, 15) is 23.5 Å². The Morgan fingerprint density at radius 1 is 1.11 bits per heavy atom. The van der Waals surface area contributed by atoms with Crippen LogP contribution in [0.1, 0.15) is 11.1 Å². The quantitative estimate of drug-likeness (QED) is 0.872. The molecule has 1 aliphatic carbocycles. The van der Waals surface area contributed by atoms with Crippen molar-refractivity contribution < 1.29 is 23.5 Å². The average Bonchev–Trinajstić information content (AvgIpc) is 3.16. The van der Waals surface area contributed by atoms with Crippen LogP contribution in [-0.2, 0) is 22.4 Å². The number of fused-ring (bicyclic) bond motifs is 1. The summed E-state index contributed by atoms with van der Waals surface area (Å²) in [6, 6.07) is 10.5. The van der Waals surface area contributed by atoms with Gasteiger partial charge in [-0.15, -0.1) is 0 Å². The van der Waals surface area contributed by atoms with E-state index < -0.39 is 29.2 Å². The van der Waals surface area contributed by atoms with Crippen LogP contribution in [-0.4, -0.2) is 29.5 Å². The Kier molecular flexibility index (Phi) is 4.14. The molecule has 0 aromatic heterocycles. The molecule has 1 aliphatic heterocycles. The summed E-state index contributed by atoms with van der Waals surface area (Å²) in [5.74, 6) is -3.89. The first-order valence-corrected chi connectivity index (χ1v) is 8.50. The molecule has 2 N–H and O–H groups in total. The summed E-state index contributed by atoms with van der Waals surface area (Å²) in [7, 11) is 0. The molecular weight excluding hydrogens is 354 g/mol. The molecule has 0 unspecified atom stereocenters. The molecular formula is C20H16F2N2O3. The summed E-state index contributed by atoms with van der Waals surface area (Å²) in [6.07, 6.45) is 1.33. The number of hydrogen-bond acceptors (Lipinski definition) is 3. The summed E-state index contributed by atoms with van der Waals surface area (Å²) in [5, 5.41) is 12.9. The van der Waals surface area contributed by atoms with Gasteiger partial charge in [0.1, 0.15) is 11.6 Å². The summed E-state index contributed by atoms with van der Waals surface area (Å²) in [4.78, 5) is 25.7. The third-order valence-electron chi connectivity index (χ3n) is 4.91. The van der Waals surface area contributed by atoms with Crippen LogP contribution in [0, 0.1) is 11.6 Å². The molecule has 2 aromatic carbocycles. The monoisotopic (exact) mass is 370 g/mol. The van der Waals surface area contributed by atoms with Gasteiger partial charge in [-0.3, -0.25) is 14.5 Å². The molecule has 2 aromatic rings. The minimum atomic E-state index is -0.941. The molecule has 0 spiro atoms. The van der Waals surface area contributed by atoms with Crippen LogP contribution in [0.15, 0.2) is 53.8 Å². The van der Waals surface area contributed by atoms with Gasteiger partial charge in [0, 0.05) is 12.1 Å². The van der Waals surface area contributed by atoms with Crippen molar-refractivity contribution in [3.8, 4) is 0 Å². The van der Waals surface area contributed by atoms with Crippen molar-refractivity contribution in [2.24, 2.45) is 0 Å². The second-order valence-corrected chi connectivity index (χ2v) is 6.66. The van der Waals surface area contributed by atoms with Gasteiger partial charge >= 0.3 is 0 Å². The molecule has 7 heteroatoms. The number of anilines is 1. The lowest BCUT2D eigenvalue weighted by molar-refractivity contribution is -0.119. The molecule has 0 saturated carbocycles. The Bertz CT molecular complexity index is 962. The van der Waals surface area contributed by atoms with Gasteiger partial charge in [-0.2, -0.15) is 0 Å². The lowest BCUT2D eigenvalue weighted by atomic mass is 10.1. The average molecular weight is 370 g/mol. The highest BCUT2D eigenvalue weighted by Gasteiger charge is 2.37. The van der Waals surface area contributed by atoms with Crippen LogP contribution < -0.4 is 10.2 Å². The van der Waals surface area contributed by atoms with Crippen LogP contribution in [0.5, 0.6) is 0 Å². The van der Waals surface area contributed by atoms with E-state index in [1.165, 1.54) is 0 Å². The molecule has 0 saturated heterocycles. The highest BCUT2D eigenvalue weighted by atomic mass is 19.1. The number of nitrogens with one attached hydrogen (secondary N) is 1. The van der Waals surface area contributed by atoms with Gasteiger partial charge in [0.2, 0.25) is 0 Å². The zero-order valence-electron chi connectivity index (χ0n) is 14.2. The normalized spacial score (nSPS) is 16.8. The fourth-order valence-electron chi connectivity index (χ4n) is 3.57. The van der Waals surface area contributed by atoms with Crippen LogP contribution >= 0.6 is 0 Å². The standard InChI is InChI=1S/C20H16F2N2O3/c21-13-5-6-17(16(22)9-13)24-10-15(18(25)20(24)27)19(26)23-14-7-11-3-1-2-4-12(11)8-14/h1-6,9,14,25H,7-8,10H2,(H,23,26). The van der Waals surface area contributed by atoms with Gasteiger partial charge < -0.3 is 10.4 Å². The largest absolute Gasteiger partial charge is 0.503 e. The van der Waals surface area contributed by atoms with Gasteiger partial charge in [0.15, 0.2) is 5.76 Å². The van der Waals surface area contributed by atoms with Crippen LogP contribution in [0.2, 0.25) is 0 Å². The summed E-state index contributed by atoms with van der Waals surface area (Å²) in [5.41, 5.74) is 1.99. The van der Waals surface area contributed by atoms with Crippen molar-refractivity contribution in [2.45, 2.75) is 18.9 Å². The van der Waals surface area contributed by atoms with E-state index >= 15 is 0 Å². The number of benzene rings is 2. The minimum absolute atomic E-state index is 0.125. The van der Waals surface area contributed by atoms with E-state index in [1.54, 1.807) is 0 Å². The molecule has 1 heterocycles. The van der Waals surface area contributed by atoms with Gasteiger partial charge in [-0.25, -0.2) is 8.78 Å². The summed E-state index contributed by atoms with van der Waals surface area (Å²) in [6.45, 7) is -0.279. The Morgan fingerprint density at radius 3 is 2.41 bits per heavy atom. The van der Waals surface area contributed by atoms with E-state index in [-0.39, 0.29) is 23.8 Å². The lowest BCUT2D eigenvalue weighted by Crippen LogP contribution is -2.37. The van der Waals surface area contributed by atoms with E-state index in [4.69, 9.17) is 0 Å². The second kappa shape index (κ2) is 6.50. The smallest absolute Gasteiger partial charge is 0.294 e. The molecule has 0 bridgehead atoms.